The van der Waals surface area contributed by atoms with Crippen molar-refractivity contribution in [2.75, 3.05) is 39.5 Å². The van der Waals surface area contributed by atoms with Crippen LogP contribution in [-0.4, -0.2) is 55.8 Å². The standard InChI is InChI=1S/C19H27FN2O3.ClH/c20-16-4-6-17(7-5-16)25-14-18(23)21-15-19(8-2-1-3-9-19)22-10-12-24-13-11-22;/h4-7H,1-3,8-15H2,(H,21,23);1H. The summed E-state index contributed by atoms with van der Waals surface area (Å²) in [6.07, 6.45) is 5.92. The second-order valence-corrected chi connectivity index (χ2v) is 6.90. The van der Waals surface area contributed by atoms with Crippen molar-refractivity contribution in [2.24, 2.45) is 0 Å². The van der Waals surface area contributed by atoms with Crippen LogP contribution in [0.1, 0.15) is 32.1 Å². The zero-order valence-corrected chi connectivity index (χ0v) is 15.9. The molecule has 1 amide bonds. The summed E-state index contributed by atoms with van der Waals surface area (Å²) in [6.45, 7) is 4.00. The predicted octanol–water partition coefficient (Wildman–Crippen LogP) is 2.78. The molecule has 3 rings (SSSR count). The molecule has 1 saturated heterocycles. The van der Waals surface area contributed by atoms with Crippen LogP contribution in [0.5, 0.6) is 5.75 Å². The lowest BCUT2D eigenvalue weighted by Crippen LogP contribution is -2.60. The van der Waals surface area contributed by atoms with E-state index in [2.05, 4.69) is 10.2 Å². The van der Waals surface area contributed by atoms with Crippen molar-refractivity contribution in [1.82, 2.24) is 10.2 Å². The molecule has 0 radical (unpaired) electrons. The molecule has 1 aliphatic heterocycles. The fraction of sp³-hybridized carbons (Fsp3) is 0.632. The molecule has 0 atom stereocenters. The summed E-state index contributed by atoms with van der Waals surface area (Å²) in [7, 11) is 0. The summed E-state index contributed by atoms with van der Waals surface area (Å²) in [4.78, 5) is 14.7. The van der Waals surface area contributed by atoms with Gasteiger partial charge in [-0.2, -0.15) is 0 Å². The topological polar surface area (TPSA) is 50.8 Å². The first-order valence-electron chi connectivity index (χ1n) is 9.16. The Balaban J connectivity index is 0.00000243. The number of hydrogen-bond acceptors (Lipinski definition) is 4. The van der Waals surface area contributed by atoms with E-state index in [9.17, 15) is 9.18 Å². The van der Waals surface area contributed by atoms with Gasteiger partial charge < -0.3 is 14.8 Å². The maximum absolute atomic E-state index is 12.9. The number of benzene rings is 1. The summed E-state index contributed by atoms with van der Waals surface area (Å²) < 4.78 is 23.8. The molecule has 1 aromatic rings. The Labute approximate surface area is 160 Å². The number of rotatable bonds is 6. The summed E-state index contributed by atoms with van der Waals surface area (Å²) in [5.74, 6) is 0.0428. The van der Waals surface area contributed by atoms with Crippen molar-refractivity contribution in [2.45, 2.75) is 37.6 Å². The van der Waals surface area contributed by atoms with Crippen molar-refractivity contribution in [3.05, 3.63) is 30.1 Å². The first-order valence-corrected chi connectivity index (χ1v) is 9.16. The number of nitrogens with zero attached hydrogens (tertiary/aromatic N) is 1. The zero-order valence-electron chi connectivity index (χ0n) is 15.0. The molecule has 5 nitrogen and oxygen atoms in total. The third-order valence-corrected chi connectivity index (χ3v) is 5.26. The molecule has 1 aromatic carbocycles. The minimum Gasteiger partial charge on any atom is -0.484 e. The second-order valence-electron chi connectivity index (χ2n) is 6.90. The van der Waals surface area contributed by atoms with Gasteiger partial charge in [0.05, 0.1) is 13.2 Å². The third-order valence-electron chi connectivity index (χ3n) is 5.26. The Morgan fingerprint density at radius 2 is 1.81 bits per heavy atom. The molecular weight excluding hydrogens is 359 g/mol. The van der Waals surface area contributed by atoms with E-state index in [0.717, 1.165) is 39.1 Å². The van der Waals surface area contributed by atoms with Crippen LogP contribution in [0.3, 0.4) is 0 Å². The molecular formula is C19H28ClFN2O3. The van der Waals surface area contributed by atoms with E-state index in [0.29, 0.717) is 12.3 Å². The summed E-state index contributed by atoms with van der Waals surface area (Å²) in [5.41, 5.74) is 0.0492. The number of amides is 1. The highest BCUT2D eigenvalue weighted by Crippen LogP contribution is 2.33. The van der Waals surface area contributed by atoms with E-state index in [1.165, 1.54) is 43.5 Å². The van der Waals surface area contributed by atoms with Crippen LogP contribution in [0.2, 0.25) is 0 Å². The molecule has 146 valence electrons. The van der Waals surface area contributed by atoms with Gasteiger partial charge in [-0.25, -0.2) is 4.39 Å². The van der Waals surface area contributed by atoms with Crippen LogP contribution >= 0.6 is 12.4 Å². The lowest BCUT2D eigenvalue weighted by Gasteiger charge is -2.48. The van der Waals surface area contributed by atoms with Gasteiger partial charge in [-0.1, -0.05) is 19.3 Å². The van der Waals surface area contributed by atoms with Gasteiger partial charge in [-0.3, -0.25) is 9.69 Å². The van der Waals surface area contributed by atoms with Crippen molar-refractivity contribution in [1.29, 1.82) is 0 Å². The highest BCUT2D eigenvalue weighted by Gasteiger charge is 2.38. The lowest BCUT2D eigenvalue weighted by atomic mass is 9.79. The molecule has 0 unspecified atom stereocenters. The fourth-order valence-electron chi connectivity index (χ4n) is 3.85. The third kappa shape index (κ3) is 5.56. The number of hydrogen-bond donors (Lipinski definition) is 1. The number of nitrogens with one attached hydrogen (secondary N) is 1. The zero-order chi connectivity index (χ0) is 17.5. The van der Waals surface area contributed by atoms with E-state index in [-0.39, 0.29) is 36.3 Å². The fourth-order valence-corrected chi connectivity index (χ4v) is 3.85. The first kappa shape index (κ1) is 20.9. The number of morpholine rings is 1. The van der Waals surface area contributed by atoms with Gasteiger partial charge in [-0.05, 0) is 37.1 Å². The maximum atomic E-state index is 12.9. The van der Waals surface area contributed by atoms with E-state index in [1.54, 1.807) is 0 Å². The molecule has 1 aliphatic carbocycles. The summed E-state index contributed by atoms with van der Waals surface area (Å²) in [6, 6.07) is 5.70. The molecule has 0 aromatic heterocycles. The van der Waals surface area contributed by atoms with Crippen LogP contribution in [-0.2, 0) is 9.53 Å². The van der Waals surface area contributed by atoms with E-state index < -0.39 is 0 Å². The predicted molar refractivity (Wildman–Crippen MR) is 100 cm³/mol. The van der Waals surface area contributed by atoms with Crippen LogP contribution in [0, 0.1) is 5.82 Å². The molecule has 2 aliphatic rings. The van der Waals surface area contributed by atoms with Gasteiger partial charge in [0.15, 0.2) is 6.61 Å². The monoisotopic (exact) mass is 386 g/mol. The Morgan fingerprint density at radius 1 is 1.15 bits per heavy atom. The van der Waals surface area contributed by atoms with Gasteiger partial charge in [0.1, 0.15) is 11.6 Å². The molecule has 1 N–H and O–H groups in total. The van der Waals surface area contributed by atoms with Crippen LogP contribution in [0.25, 0.3) is 0 Å². The van der Waals surface area contributed by atoms with E-state index >= 15 is 0 Å². The van der Waals surface area contributed by atoms with Gasteiger partial charge in [0.25, 0.3) is 5.91 Å². The number of carbonyl (C=O) groups is 1. The highest BCUT2D eigenvalue weighted by molar-refractivity contribution is 5.85. The second kappa shape index (κ2) is 10.1. The molecule has 0 spiro atoms. The number of halogens is 2. The number of carbonyl (C=O) groups excluding carboxylic acids is 1. The SMILES string of the molecule is Cl.O=C(COc1ccc(F)cc1)NCC1(N2CCOCC2)CCCCC1. The average Bonchev–Trinajstić information content (AvgIpc) is 2.67. The Hall–Kier alpha value is -1.37. The average molecular weight is 387 g/mol. The van der Waals surface area contributed by atoms with Gasteiger partial charge in [0.2, 0.25) is 0 Å². The largest absolute Gasteiger partial charge is 0.484 e. The van der Waals surface area contributed by atoms with Crippen LogP contribution in [0.15, 0.2) is 24.3 Å². The van der Waals surface area contributed by atoms with Gasteiger partial charge >= 0.3 is 0 Å². The Morgan fingerprint density at radius 3 is 2.46 bits per heavy atom. The maximum Gasteiger partial charge on any atom is 0.258 e. The van der Waals surface area contributed by atoms with Crippen LogP contribution in [0.4, 0.5) is 4.39 Å². The Bertz CT molecular complexity index is 558. The minimum absolute atomic E-state index is 0. The van der Waals surface area contributed by atoms with Crippen molar-refractivity contribution in [3.8, 4) is 5.75 Å². The van der Waals surface area contributed by atoms with Crippen LogP contribution < -0.4 is 10.1 Å². The minimum atomic E-state index is -0.318. The lowest BCUT2D eigenvalue weighted by molar-refractivity contribution is -0.124. The van der Waals surface area contributed by atoms with Gasteiger partial charge in [-0.15, -0.1) is 12.4 Å². The van der Waals surface area contributed by atoms with Crippen molar-refractivity contribution >= 4 is 18.3 Å². The summed E-state index contributed by atoms with van der Waals surface area (Å²) in [5, 5.41) is 3.05. The van der Waals surface area contributed by atoms with Crippen molar-refractivity contribution < 1.29 is 18.7 Å². The highest BCUT2D eigenvalue weighted by atomic mass is 35.5. The normalized spacial score (nSPS) is 20.0. The number of ether oxygens (including phenoxy) is 2. The van der Waals surface area contributed by atoms with E-state index in [4.69, 9.17) is 9.47 Å². The van der Waals surface area contributed by atoms with E-state index in [1.807, 2.05) is 0 Å². The smallest absolute Gasteiger partial charge is 0.258 e. The molecule has 2 fully saturated rings. The molecule has 0 bridgehead atoms. The quantitative estimate of drug-likeness (QED) is 0.816. The molecule has 26 heavy (non-hydrogen) atoms. The summed E-state index contributed by atoms with van der Waals surface area (Å²) >= 11 is 0. The Kier molecular flexibility index (Phi) is 8.13. The van der Waals surface area contributed by atoms with Crippen molar-refractivity contribution in [3.63, 3.8) is 0 Å². The first-order chi connectivity index (χ1) is 12.2. The van der Waals surface area contributed by atoms with Gasteiger partial charge in [0, 0.05) is 25.2 Å². The molecule has 1 saturated carbocycles. The molecule has 1 heterocycles. The molecule has 7 heteroatoms.